The summed E-state index contributed by atoms with van der Waals surface area (Å²) < 4.78 is 27.4. The fourth-order valence-electron chi connectivity index (χ4n) is 1.30. The van der Waals surface area contributed by atoms with Gasteiger partial charge in [0.2, 0.25) is 0 Å². The van der Waals surface area contributed by atoms with Crippen molar-refractivity contribution in [2.75, 3.05) is 0 Å². The fraction of sp³-hybridized carbons (Fsp3) is 0.111. The van der Waals surface area contributed by atoms with Crippen LogP contribution < -0.4 is 5.14 Å². The van der Waals surface area contributed by atoms with Gasteiger partial charge in [-0.25, -0.2) is 18.5 Å². The van der Waals surface area contributed by atoms with Gasteiger partial charge in [-0.15, -0.1) is 0 Å². The first-order valence-electron chi connectivity index (χ1n) is 4.39. The smallest absolute Gasteiger partial charge is 0.256 e. The molecule has 0 saturated heterocycles. The molecule has 0 saturated carbocycles. The molecule has 16 heavy (non-hydrogen) atoms. The van der Waals surface area contributed by atoms with Gasteiger partial charge in [-0.3, -0.25) is 0 Å². The van der Waals surface area contributed by atoms with Crippen molar-refractivity contribution in [3.63, 3.8) is 0 Å². The molecule has 2 heterocycles. The molecule has 0 aromatic carbocycles. The van der Waals surface area contributed by atoms with Gasteiger partial charge in [0.1, 0.15) is 12.0 Å². The number of hydrogen-bond acceptors (Lipinski definition) is 5. The topological polar surface area (TPSA) is 99.1 Å². The SMILES string of the molecule is Cc1ccc(-c2ccon2)c(S(N)(=O)=O)n1. The monoisotopic (exact) mass is 239 g/mol. The summed E-state index contributed by atoms with van der Waals surface area (Å²) in [6.45, 7) is 1.68. The van der Waals surface area contributed by atoms with Crippen LogP contribution in [0.1, 0.15) is 5.69 Å². The van der Waals surface area contributed by atoms with Crippen LogP contribution in [-0.2, 0) is 10.0 Å². The highest BCUT2D eigenvalue weighted by atomic mass is 32.2. The second-order valence-electron chi connectivity index (χ2n) is 3.24. The molecule has 0 unspecified atom stereocenters. The van der Waals surface area contributed by atoms with E-state index in [1.165, 1.54) is 6.26 Å². The lowest BCUT2D eigenvalue weighted by atomic mass is 10.2. The summed E-state index contributed by atoms with van der Waals surface area (Å²) in [4.78, 5) is 3.91. The molecule has 2 rings (SSSR count). The molecule has 0 radical (unpaired) electrons. The molecule has 0 atom stereocenters. The molecule has 6 nitrogen and oxygen atoms in total. The lowest BCUT2D eigenvalue weighted by molar-refractivity contribution is 0.422. The number of nitrogens with two attached hydrogens (primary N) is 1. The van der Waals surface area contributed by atoms with Gasteiger partial charge in [0.15, 0.2) is 5.03 Å². The Morgan fingerprint density at radius 3 is 2.62 bits per heavy atom. The molecular weight excluding hydrogens is 230 g/mol. The summed E-state index contributed by atoms with van der Waals surface area (Å²) in [6, 6.07) is 4.82. The Kier molecular flexibility index (Phi) is 2.49. The van der Waals surface area contributed by atoms with Crippen LogP contribution >= 0.6 is 0 Å². The van der Waals surface area contributed by atoms with Gasteiger partial charge in [0.05, 0.1) is 0 Å². The molecule has 7 heteroatoms. The van der Waals surface area contributed by atoms with Gasteiger partial charge < -0.3 is 4.52 Å². The first-order valence-corrected chi connectivity index (χ1v) is 5.94. The molecule has 2 aromatic heterocycles. The van der Waals surface area contributed by atoms with E-state index >= 15 is 0 Å². The Hall–Kier alpha value is -1.73. The first kappa shape index (κ1) is 10.8. The Bertz CT molecular complexity index is 605. The molecule has 0 amide bonds. The molecule has 84 valence electrons. The van der Waals surface area contributed by atoms with Gasteiger partial charge >= 0.3 is 0 Å². The zero-order valence-electron chi connectivity index (χ0n) is 8.41. The van der Waals surface area contributed by atoms with E-state index in [9.17, 15) is 8.42 Å². The number of nitrogens with zero attached hydrogens (tertiary/aromatic N) is 2. The van der Waals surface area contributed by atoms with Crippen LogP contribution in [0.2, 0.25) is 0 Å². The van der Waals surface area contributed by atoms with Crippen molar-refractivity contribution in [2.45, 2.75) is 11.9 Å². The van der Waals surface area contributed by atoms with Gasteiger partial charge in [0.25, 0.3) is 10.0 Å². The largest absolute Gasteiger partial charge is 0.364 e. The van der Waals surface area contributed by atoms with Gasteiger partial charge in [-0.1, -0.05) is 5.16 Å². The van der Waals surface area contributed by atoms with E-state index in [2.05, 4.69) is 14.7 Å². The van der Waals surface area contributed by atoms with Crippen molar-refractivity contribution >= 4 is 10.0 Å². The molecule has 0 spiro atoms. The van der Waals surface area contributed by atoms with Crippen LogP contribution in [0.4, 0.5) is 0 Å². The van der Waals surface area contributed by atoms with Crippen LogP contribution in [0.25, 0.3) is 11.3 Å². The Morgan fingerprint density at radius 2 is 2.06 bits per heavy atom. The minimum atomic E-state index is -3.87. The number of hydrogen-bond donors (Lipinski definition) is 1. The minimum Gasteiger partial charge on any atom is -0.364 e. The Labute approximate surface area is 92.1 Å². The van der Waals surface area contributed by atoms with Crippen molar-refractivity contribution < 1.29 is 12.9 Å². The maximum atomic E-state index is 11.4. The lowest BCUT2D eigenvalue weighted by Gasteiger charge is -2.04. The molecule has 0 aliphatic rings. The van der Waals surface area contributed by atoms with Crippen LogP contribution in [0.3, 0.4) is 0 Å². The van der Waals surface area contributed by atoms with Crippen LogP contribution in [0, 0.1) is 6.92 Å². The van der Waals surface area contributed by atoms with Gasteiger partial charge in [-0.05, 0) is 19.1 Å². The summed E-state index contributed by atoms with van der Waals surface area (Å²) in [5.74, 6) is 0. The zero-order valence-corrected chi connectivity index (χ0v) is 9.23. The van der Waals surface area contributed by atoms with Crippen molar-refractivity contribution in [1.82, 2.24) is 10.1 Å². The third kappa shape index (κ3) is 1.95. The number of pyridine rings is 1. The Balaban J connectivity index is 2.72. The van der Waals surface area contributed by atoms with Crippen molar-refractivity contribution in [1.29, 1.82) is 0 Å². The van der Waals surface area contributed by atoms with Gasteiger partial charge in [-0.2, -0.15) is 0 Å². The maximum absolute atomic E-state index is 11.4. The Morgan fingerprint density at radius 1 is 1.31 bits per heavy atom. The average Bonchev–Trinajstić information content (AvgIpc) is 2.69. The fourth-order valence-corrected chi connectivity index (χ4v) is 2.05. The molecule has 0 aliphatic heterocycles. The second kappa shape index (κ2) is 3.69. The third-order valence-corrected chi connectivity index (χ3v) is 2.83. The van der Waals surface area contributed by atoms with E-state index in [0.29, 0.717) is 17.0 Å². The van der Waals surface area contributed by atoms with Gasteiger partial charge in [0, 0.05) is 17.3 Å². The molecule has 0 bridgehead atoms. The van der Waals surface area contributed by atoms with E-state index < -0.39 is 10.0 Å². The van der Waals surface area contributed by atoms with E-state index in [1.54, 1.807) is 25.1 Å². The van der Waals surface area contributed by atoms with Crippen molar-refractivity contribution in [3.8, 4) is 11.3 Å². The number of aromatic nitrogens is 2. The van der Waals surface area contributed by atoms with E-state index in [4.69, 9.17) is 5.14 Å². The second-order valence-corrected chi connectivity index (χ2v) is 4.71. The molecule has 2 N–H and O–H groups in total. The van der Waals surface area contributed by atoms with Crippen LogP contribution in [-0.4, -0.2) is 18.6 Å². The van der Waals surface area contributed by atoms with Crippen molar-refractivity contribution in [3.05, 3.63) is 30.2 Å². The highest BCUT2D eigenvalue weighted by Gasteiger charge is 2.18. The predicted octanol–water partition coefficient (Wildman–Crippen LogP) is 0.692. The summed E-state index contributed by atoms with van der Waals surface area (Å²) in [5, 5.41) is 8.55. The number of rotatable bonds is 2. The third-order valence-electron chi connectivity index (χ3n) is 1.98. The lowest BCUT2D eigenvalue weighted by Crippen LogP contribution is -2.15. The zero-order chi connectivity index (χ0) is 11.8. The summed E-state index contributed by atoms with van der Waals surface area (Å²) >= 11 is 0. The van der Waals surface area contributed by atoms with E-state index in [1.807, 2.05) is 0 Å². The quantitative estimate of drug-likeness (QED) is 0.831. The molecule has 2 aromatic rings. The number of sulfonamides is 1. The van der Waals surface area contributed by atoms with Crippen LogP contribution in [0.15, 0.2) is 34.0 Å². The molecule has 0 fully saturated rings. The summed E-state index contributed by atoms with van der Waals surface area (Å²) in [5.41, 5.74) is 1.29. The van der Waals surface area contributed by atoms with E-state index in [0.717, 1.165) is 0 Å². The molecular formula is C9H9N3O3S. The highest BCUT2D eigenvalue weighted by molar-refractivity contribution is 7.89. The maximum Gasteiger partial charge on any atom is 0.256 e. The highest BCUT2D eigenvalue weighted by Crippen LogP contribution is 2.23. The minimum absolute atomic E-state index is 0.193. The van der Waals surface area contributed by atoms with Crippen molar-refractivity contribution in [2.24, 2.45) is 5.14 Å². The number of aryl methyl sites for hydroxylation is 1. The standard InChI is InChI=1S/C9H9N3O3S/c1-6-2-3-7(8-4-5-15-12-8)9(11-6)16(10,13)14/h2-5H,1H3,(H2,10,13,14). The summed E-state index contributed by atoms with van der Waals surface area (Å²) in [6.07, 6.45) is 1.35. The average molecular weight is 239 g/mol. The van der Waals surface area contributed by atoms with Crippen LogP contribution in [0.5, 0.6) is 0 Å². The first-order chi connectivity index (χ1) is 7.48. The predicted molar refractivity (Wildman–Crippen MR) is 55.8 cm³/mol. The normalized spacial score (nSPS) is 11.6. The summed E-state index contributed by atoms with van der Waals surface area (Å²) in [7, 11) is -3.87. The molecule has 0 aliphatic carbocycles. The van der Waals surface area contributed by atoms with E-state index in [-0.39, 0.29) is 5.03 Å². The number of primary sulfonamides is 1.